The first-order chi connectivity index (χ1) is 13.0. The molecule has 0 amide bonds. The zero-order valence-electron chi connectivity index (χ0n) is 15.8. The van der Waals surface area contributed by atoms with Crippen molar-refractivity contribution in [1.82, 2.24) is 0 Å². The normalized spacial score (nSPS) is 12.3. The number of methoxy groups -OCH3 is 1. The molecule has 0 aromatic heterocycles. The van der Waals surface area contributed by atoms with E-state index in [0.29, 0.717) is 29.2 Å². The number of ether oxygens (including phenoxy) is 2. The maximum atomic E-state index is 13.1. The van der Waals surface area contributed by atoms with Crippen molar-refractivity contribution in [2.45, 2.75) is 12.7 Å². The molecule has 1 unspecified atom stereocenters. The van der Waals surface area contributed by atoms with Gasteiger partial charge in [-0.05, 0) is 48.9 Å². The molecule has 27 heavy (non-hydrogen) atoms. The lowest BCUT2D eigenvalue weighted by molar-refractivity contribution is 0.0526. The first-order valence-corrected chi connectivity index (χ1v) is 9.97. The molecule has 146 valence electrons. The van der Waals surface area contributed by atoms with E-state index in [9.17, 15) is 9.36 Å². The van der Waals surface area contributed by atoms with Crippen LogP contribution in [0.3, 0.4) is 0 Å². The van der Waals surface area contributed by atoms with Crippen molar-refractivity contribution in [3.63, 3.8) is 0 Å². The van der Waals surface area contributed by atoms with Crippen LogP contribution in [0.15, 0.2) is 48.5 Å². The van der Waals surface area contributed by atoms with Gasteiger partial charge < -0.3 is 23.8 Å². The molecule has 0 aliphatic heterocycles. The molecular formula is C19H24NO6P. The van der Waals surface area contributed by atoms with E-state index in [-0.39, 0.29) is 0 Å². The Kier molecular flexibility index (Phi) is 7.42. The van der Waals surface area contributed by atoms with Crippen LogP contribution in [0.1, 0.15) is 28.6 Å². The summed E-state index contributed by atoms with van der Waals surface area (Å²) in [5, 5.41) is 3.17. The van der Waals surface area contributed by atoms with Gasteiger partial charge in [0.2, 0.25) is 0 Å². The van der Waals surface area contributed by atoms with Crippen molar-refractivity contribution in [2.75, 3.05) is 33.3 Å². The Balaban J connectivity index is 2.31. The van der Waals surface area contributed by atoms with Gasteiger partial charge in [0.05, 0.1) is 19.3 Å². The van der Waals surface area contributed by atoms with Crippen LogP contribution in [0.2, 0.25) is 0 Å². The minimum absolute atomic E-state index is 0.309. The summed E-state index contributed by atoms with van der Waals surface area (Å²) in [4.78, 5) is 11.8. The molecule has 0 aliphatic rings. The van der Waals surface area contributed by atoms with Gasteiger partial charge in [0.25, 0.3) is 0 Å². The van der Waals surface area contributed by atoms with Gasteiger partial charge in [0, 0.05) is 19.9 Å². The number of hydrogen-bond donors (Lipinski definition) is 1. The average molecular weight is 393 g/mol. The first kappa shape index (κ1) is 21.0. The van der Waals surface area contributed by atoms with Gasteiger partial charge in [0.1, 0.15) is 5.75 Å². The summed E-state index contributed by atoms with van der Waals surface area (Å²) in [6.07, 6.45) is 0. The largest absolute Gasteiger partial charge is 0.497 e. The maximum absolute atomic E-state index is 13.1. The van der Waals surface area contributed by atoms with Crippen LogP contribution in [0.4, 0.5) is 5.69 Å². The molecule has 2 aromatic rings. The second-order valence-corrected chi connectivity index (χ2v) is 7.85. The van der Waals surface area contributed by atoms with Crippen LogP contribution in [-0.2, 0) is 18.3 Å². The van der Waals surface area contributed by atoms with Crippen molar-refractivity contribution in [3.05, 3.63) is 59.7 Å². The molecule has 2 rings (SSSR count). The van der Waals surface area contributed by atoms with Crippen LogP contribution in [0.25, 0.3) is 0 Å². The molecule has 1 N–H and O–H groups in total. The summed E-state index contributed by atoms with van der Waals surface area (Å²) in [7, 11) is 0.766. The van der Waals surface area contributed by atoms with Crippen molar-refractivity contribution < 1.29 is 27.9 Å². The lowest BCUT2D eigenvalue weighted by Gasteiger charge is -2.26. The third kappa shape index (κ3) is 5.10. The van der Waals surface area contributed by atoms with Crippen LogP contribution in [0, 0.1) is 0 Å². The molecule has 0 spiro atoms. The molecule has 1 atom stereocenters. The summed E-state index contributed by atoms with van der Waals surface area (Å²) in [6.45, 7) is 2.06. The fourth-order valence-corrected chi connectivity index (χ4v) is 3.91. The zero-order chi connectivity index (χ0) is 19.9. The van der Waals surface area contributed by atoms with Crippen molar-refractivity contribution in [3.8, 4) is 5.75 Å². The standard InChI is InChI=1S/C19H24NO6P/c1-5-26-19(21)15-6-10-16(11-7-15)20-18(27(22,24-3)25-4)14-8-12-17(23-2)13-9-14/h6-13,18,20H,5H2,1-4H3. The first-order valence-electron chi connectivity index (χ1n) is 8.36. The molecule has 0 radical (unpaired) electrons. The maximum Gasteiger partial charge on any atom is 0.356 e. The Morgan fingerprint density at radius 3 is 2.07 bits per heavy atom. The topological polar surface area (TPSA) is 83.1 Å². The van der Waals surface area contributed by atoms with E-state index in [2.05, 4.69) is 5.32 Å². The third-order valence-corrected chi connectivity index (χ3v) is 6.03. The second kappa shape index (κ2) is 9.55. The molecular weight excluding hydrogens is 369 g/mol. The number of esters is 1. The van der Waals surface area contributed by atoms with E-state index in [1.165, 1.54) is 14.2 Å². The minimum Gasteiger partial charge on any atom is -0.497 e. The van der Waals surface area contributed by atoms with E-state index in [4.69, 9.17) is 18.5 Å². The zero-order valence-corrected chi connectivity index (χ0v) is 16.7. The number of anilines is 1. The second-order valence-electron chi connectivity index (χ2n) is 5.52. The Morgan fingerprint density at radius 1 is 1.00 bits per heavy atom. The van der Waals surface area contributed by atoms with Crippen molar-refractivity contribution in [1.29, 1.82) is 0 Å². The quantitative estimate of drug-likeness (QED) is 0.497. The fraction of sp³-hybridized carbons (Fsp3) is 0.316. The van der Waals surface area contributed by atoms with E-state index >= 15 is 0 Å². The van der Waals surface area contributed by atoms with Gasteiger partial charge in [-0.3, -0.25) is 4.57 Å². The summed E-state index contributed by atoms with van der Waals surface area (Å²) in [6, 6.07) is 13.8. The summed E-state index contributed by atoms with van der Waals surface area (Å²) >= 11 is 0. The molecule has 8 heteroatoms. The average Bonchev–Trinajstić information content (AvgIpc) is 2.72. The fourth-order valence-electron chi connectivity index (χ4n) is 2.49. The SMILES string of the molecule is CCOC(=O)c1ccc(NC(c2ccc(OC)cc2)P(=O)(OC)OC)cc1. The minimum atomic E-state index is -3.49. The molecule has 0 fully saturated rings. The molecule has 2 aromatic carbocycles. The van der Waals surface area contributed by atoms with Gasteiger partial charge in [0.15, 0.2) is 5.78 Å². The van der Waals surface area contributed by atoms with Crippen molar-refractivity contribution in [2.24, 2.45) is 0 Å². The van der Waals surface area contributed by atoms with E-state index in [1.54, 1.807) is 62.6 Å². The van der Waals surface area contributed by atoms with E-state index < -0.39 is 19.3 Å². The lowest BCUT2D eigenvalue weighted by Crippen LogP contribution is -2.14. The lowest BCUT2D eigenvalue weighted by atomic mass is 10.2. The smallest absolute Gasteiger partial charge is 0.356 e. The highest BCUT2D eigenvalue weighted by Crippen LogP contribution is 2.59. The number of nitrogens with one attached hydrogen (secondary N) is 1. The molecule has 7 nitrogen and oxygen atoms in total. The molecule has 0 aliphatic carbocycles. The Morgan fingerprint density at radius 2 is 1.59 bits per heavy atom. The van der Waals surface area contributed by atoms with Crippen LogP contribution in [0.5, 0.6) is 5.75 Å². The van der Waals surface area contributed by atoms with Gasteiger partial charge >= 0.3 is 13.6 Å². The van der Waals surface area contributed by atoms with Crippen LogP contribution < -0.4 is 10.1 Å². The summed E-state index contributed by atoms with van der Waals surface area (Å²) < 4.78 is 33.6. The van der Waals surface area contributed by atoms with E-state index in [1.807, 2.05) is 0 Å². The van der Waals surface area contributed by atoms with Crippen LogP contribution in [-0.4, -0.2) is 33.9 Å². The van der Waals surface area contributed by atoms with Crippen molar-refractivity contribution >= 4 is 19.3 Å². The Labute approximate surface area is 159 Å². The predicted molar refractivity (Wildman–Crippen MR) is 103 cm³/mol. The predicted octanol–water partition coefficient (Wildman–Crippen LogP) is 4.47. The van der Waals surface area contributed by atoms with Crippen LogP contribution >= 0.6 is 7.60 Å². The number of hydrogen-bond acceptors (Lipinski definition) is 7. The third-order valence-electron chi connectivity index (χ3n) is 3.96. The van der Waals surface area contributed by atoms with Gasteiger partial charge in [-0.25, -0.2) is 4.79 Å². The Bertz CT molecular complexity index is 783. The monoisotopic (exact) mass is 393 g/mol. The van der Waals surface area contributed by atoms with E-state index in [0.717, 1.165) is 0 Å². The summed E-state index contributed by atoms with van der Waals surface area (Å²) in [5.74, 6) is -0.456. The molecule has 0 bridgehead atoms. The molecule has 0 heterocycles. The number of carbonyl (C=O) groups excluding carboxylic acids is 1. The summed E-state index contributed by atoms with van der Waals surface area (Å²) in [5.41, 5.74) is 1.79. The van der Waals surface area contributed by atoms with Gasteiger partial charge in [-0.15, -0.1) is 0 Å². The molecule has 0 saturated carbocycles. The van der Waals surface area contributed by atoms with Gasteiger partial charge in [-0.2, -0.15) is 0 Å². The highest BCUT2D eigenvalue weighted by atomic mass is 31.2. The van der Waals surface area contributed by atoms with Gasteiger partial charge in [-0.1, -0.05) is 12.1 Å². The molecule has 0 saturated heterocycles. The number of benzene rings is 2. The highest BCUT2D eigenvalue weighted by Gasteiger charge is 2.35. The Hall–Kier alpha value is -2.34. The highest BCUT2D eigenvalue weighted by molar-refractivity contribution is 7.54. The number of rotatable bonds is 9. The number of carbonyl (C=O) groups is 1.